The second-order valence-electron chi connectivity index (χ2n) is 6.08. The Morgan fingerprint density at radius 3 is 3.08 bits per heavy atom. The maximum absolute atomic E-state index is 12.6. The van der Waals surface area contributed by atoms with Gasteiger partial charge in [-0.25, -0.2) is 0 Å². The lowest BCUT2D eigenvalue weighted by Crippen LogP contribution is -2.38. The number of amides is 1. The van der Waals surface area contributed by atoms with Crippen molar-refractivity contribution in [1.29, 1.82) is 0 Å². The molecule has 4 rings (SSSR count). The van der Waals surface area contributed by atoms with Crippen molar-refractivity contribution in [2.75, 3.05) is 18.4 Å². The number of nitro groups is 1. The summed E-state index contributed by atoms with van der Waals surface area (Å²) in [6.07, 6.45) is 2.47. The molecule has 1 aliphatic rings. The second kappa shape index (κ2) is 6.72. The van der Waals surface area contributed by atoms with Crippen molar-refractivity contribution in [2.45, 2.75) is 13.0 Å². The normalized spacial score (nSPS) is 13.5. The van der Waals surface area contributed by atoms with Crippen LogP contribution in [0.2, 0.25) is 0 Å². The SMILES string of the molecule is O=C(CNc1ccc([N+](=O)[O-])c2cccnc12)N1CCc2sccc2C1. The van der Waals surface area contributed by atoms with Crippen molar-refractivity contribution >= 4 is 39.5 Å². The molecule has 0 saturated heterocycles. The fourth-order valence-electron chi connectivity index (χ4n) is 3.20. The summed E-state index contributed by atoms with van der Waals surface area (Å²) in [5, 5.41) is 16.8. The Kier molecular flexibility index (Phi) is 4.26. The number of carbonyl (C=O) groups is 1. The van der Waals surface area contributed by atoms with Gasteiger partial charge in [-0.15, -0.1) is 11.3 Å². The zero-order valence-electron chi connectivity index (χ0n) is 13.8. The van der Waals surface area contributed by atoms with Gasteiger partial charge in [0, 0.05) is 30.2 Å². The minimum Gasteiger partial charge on any atom is -0.374 e. The van der Waals surface area contributed by atoms with E-state index in [4.69, 9.17) is 0 Å². The number of hydrogen-bond acceptors (Lipinski definition) is 6. The molecular formula is C18H16N4O3S. The first-order chi connectivity index (χ1) is 12.6. The molecule has 0 bridgehead atoms. The molecule has 2 aromatic heterocycles. The van der Waals surface area contributed by atoms with E-state index in [1.165, 1.54) is 16.5 Å². The van der Waals surface area contributed by atoms with Crippen LogP contribution >= 0.6 is 11.3 Å². The van der Waals surface area contributed by atoms with Gasteiger partial charge in [0.25, 0.3) is 5.69 Å². The molecule has 7 nitrogen and oxygen atoms in total. The van der Waals surface area contributed by atoms with Crippen molar-refractivity contribution < 1.29 is 9.72 Å². The van der Waals surface area contributed by atoms with Gasteiger partial charge in [0.2, 0.25) is 5.91 Å². The summed E-state index contributed by atoms with van der Waals surface area (Å²) in [4.78, 5) is 30.7. The Balaban J connectivity index is 1.51. The molecule has 0 unspecified atom stereocenters. The average molecular weight is 368 g/mol. The molecule has 0 fully saturated rings. The van der Waals surface area contributed by atoms with E-state index in [0.29, 0.717) is 29.7 Å². The zero-order valence-corrected chi connectivity index (χ0v) is 14.7. The number of pyridine rings is 1. The van der Waals surface area contributed by atoms with Gasteiger partial charge in [0.1, 0.15) is 5.52 Å². The van der Waals surface area contributed by atoms with E-state index in [0.717, 1.165) is 6.42 Å². The number of carbonyl (C=O) groups excluding carboxylic acids is 1. The van der Waals surface area contributed by atoms with Crippen molar-refractivity contribution in [3.63, 3.8) is 0 Å². The molecule has 26 heavy (non-hydrogen) atoms. The topological polar surface area (TPSA) is 88.4 Å². The van der Waals surface area contributed by atoms with Gasteiger partial charge in [0.05, 0.1) is 22.5 Å². The van der Waals surface area contributed by atoms with Crippen LogP contribution in [-0.4, -0.2) is 33.8 Å². The lowest BCUT2D eigenvalue weighted by molar-refractivity contribution is -0.383. The molecule has 132 valence electrons. The fraction of sp³-hybridized carbons (Fsp3) is 0.222. The third kappa shape index (κ3) is 2.99. The quantitative estimate of drug-likeness (QED) is 0.564. The maximum Gasteiger partial charge on any atom is 0.278 e. The predicted molar refractivity (Wildman–Crippen MR) is 100 cm³/mol. The number of benzene rings is 1. The zero-order chi connectivity index (χ0) is 18.1. The minimum absolute atomic E-state index is 0.00397. The first-order valence-electron chi connectivity index (χ1n) is 8.22. The minimum atomic E-state index is -0.425. The number of rotatable bonds is 4. The van der Waals surface area contributed by atoms with Gasteiger partial charge in [-0.3, -0.25) is 19.9 Å². The van der Waals surface area contributed by atoms with Crippen LogP contribution in [0.15, 0.2) is 41.9 Å². The Morgan fingerprint density at radius 2 is 2.23 bits per heavy atom. The van der Waals surface area contributed by atoms with Crippen LogP contribution in [0.5, 0.6) is 0 Å². The lowest BCUT2D eigenvalue weighted by Gasteiger charge is -2.27. The third-order valence-corrected chi connectivity index (χ3v) is 5.56. The summed E-state index contributed by atoms with van der Waals surface area (Å²) < 4.78 is 0. The Morgan fingerprint density at radius 1 is 1.35 bits per heavy atom. The van der Waals surface area contributed by atoms with E-state index in [9.17, 15) is 14.9 Å². The monoisotopic (exact) mass is 368 g/mol. The molecule has 1 amide bonds. The number of nitrogens with one attached hydrogen (secondary N) is 1. The summed E-state index contributed by atoms with van der Waals surface area (Å²) in [7, 11) is 0. The van der Waals surface area contributed by atoms with E-state index in [1.54, 1.807) is 35.7 Å². The highest BCUT2D eigenvalue weighted by Gasteiger charge is 2.22. The molecule has 1 aliphatic heterocycles. The number of nitrogens with zero attached hydrogens (tertiary/aromatic N) is 3. The Bertz CT molecular complexity index is 1000. The van der Waals surface area contributed by atoms with E-state index >= 15 is 0 Å². The Labute approximate surface area is 153 Å². The first-order valence-corrected chi connectivity index (χ1v) is 9.10. The predicted octanol–water partition coefficient (Wildman–Crippen LogP) is 3.20. The van der Waals surface area contributed by atoms with Crippen LogP contribution in [0, 0.1) is 10.1 Å². The van der Waals surface area contributed by atoms with E-state index < -0.39 is 4.92 Å². The third-order valence-electron chi connectivity index (χ3n) is 4.53. The summed E-state index contributed by atoms with van der Waals surface area (Å²) in [5.74, 6) is 0.00397. The van der Waals surface area contributed by atoms with Gasteiger partial charge in [-0.05, 0) is 41.6 Å². The highest BCUT2D eigenvalue weighted by atomic mass is 32.1. The Hall–Kier alpha value is -3.00. The molecule has 0 spiro atoms. The summed E-state index contributed by atoms with van der Waals surface area (Å²) >= 11 is 1.74. The van der Waals surface area contributed by atoms with Gasteiger partial charge in [-0.1, -0.05) is 0 Å². The fourth-order valence-corrected chi connectivity index (χ4v) is 4.09. The average Bonchev–Trinajstić information content (AvgIpc) is 3.13. The maximum atomic E-state index is 12.6. The second-order valence-corrected chi connectivity index (χ2v) is 7.08. The number of thiophene rings is 1. The van der Waals surface area contributed by atoms with Crippen LogP contribution in [-0.2, 0) is 17.8 Å². The van der Waals surface area contributed by atoms with Crippen molar-refractivity contribution in [2.24, 2.45) is 0 Å². The van der Waals surface area contributed by atoms with E-state index in [1.807, 2.05) is 4.90 Å². The molecule has 0 saturated carbocycles. The summed E-state index contributed by atoms with van der Waals surface area (Å²) in [5.41, 5.74) is 2.34. The van der Waals surface area contributed by atoms with Crippen LogP contribution in [0.4, 0.5) is 11.4 Å². The van der Waals surface area contributed by atoms with Crippen LogP contribution < -0.4 is 5.32 Å². The first kappa shape index (κ1) is 16.5. The number of fused-ring (bicyclic) bond motifs is 2. The molecule has 0 atom stereocenters. The van der Waals surface area contributed by atoms with Crippen molar-refractivity contribution in [3.05, 3.63) is 62.5 Å². The summed E-state index contributed by atoms with van der Waals surface area (Å²) in [6, 6.07) is 8.44. The molecule has 0 aliphatic carbocycles. The highest BCUT2D eigenvalue weighted by Crippen LogP contribution is 2.30. The molecule has 8 heteroatoms. The van der Waals surface area contributed by atoms with Crippen molar-refractivity contribution in [3.8, 4) is 0 Å². The number of aromatic nitrogens is 1. The van der Waals surface area contributed by atoms with Gasteiger partial charge in [-0.2, -0.15) is 0 Å². The van der Waals surface area contributed by atoms with Gasteiger partial charge in [0.15, 0.2) is 0 Å². The number of nitro benzene ring substituents is 1. The molecule has 0 radical (unpaired) electrons. The molecule has 1 N–H and O–H groups in total. The van der Waals surface area contributed by atoms with Gasteiger partial charge >= 0.3 is 0 Å². The van der Waals surface area contributed by atoms with Gasteiger partial charge < -0.3 is 10.2 Å². The van der Waals surface area contributed by atoms with Crippen LogP contribution in [0.1, 0.15) is 10.4 Å². The molecule has 1 aromatic carbocycles. The van der Waals surface area contributed by atoms with E-state index in [-0.39, 0.29) is 18.1 Å². The standard InChI is InChI=1S/C18H16N4O3S/c23-17(21-8-5-16-12(11-21)6-9-26-16)10-20-14-3-4-15(22(24)25)13-2-1-7-19-18(13)14/h1-4,6-7,9,20H,5,8,10-11H2. The van der Waals surface area contributed by atoms with E-state index in [2.05, 4.69) is 21.7 Å². The van der Waals surface area contributed by atoms with Crippen LogP contribution in [0.3, 0.4) is 0 Å². The largest absolute Gasteiger partial charge is 0.374 e. The van der Waals surface area contributed by atoms with Crippen molar-refractivity contribution in [1.82, 2.24) is 9.88 Å². The smallest absolute Gasteiger partial charge is 0.278 e. The summed E-state index contributed by atoms with van der Waals surface area (Å²) in [6.45, 7) is 1.48. The van der Waals surface area contributed by atoms with Crippen LogP contribution in [0.25, 0.3) is 10.9 Å². The molecular weight excluding hydrogens is 352 g/mol. The molecule has 3 heterocycles. The number of anilines is 1. The lowest BCUT2D eigenvalue weighted by atomic mass is 10.1. The molecule has 3 aromatic rings. The highest BCUT2D eigenvalue weighted by molar-refractivity contribution is 7.10. The number of non-ortho nitro benzene ring substituents is 1. The number of hydrogen-bond donors (Lipinski definition) is 1.